The molecule has 3 heteroatoms. The van der Waals surface area contributed by atoms with E-state index in [-0.39, 0.29) is 12.1 Å². The minimum absolute atomic E-state index is 0.0277. The van der Waals surface area contributed by atoms with Gasteiger partial charge < -0.3 is 5.32 Å². The fourth-order valence-corrected chi connectivity index (χ4v) is 3.67. The van der Waals surface area contributed by atoms with Crippen LogP contribution in [0.4, 0.5) is 10.5 Å². The van der Waals surface area contributed by atoms with Crippen molar-refractivity contribution in [1.82, 2.24) is 5.32 Å². The standard InChI is InChI=1S/C18H24N2O/c1-4-14-7-10-17-16(11-14)13(3)20(18(21)19-17)15-8-5-12(2)6-9-15/h5-6,8-9,14,16-17H,3-4,7,10-11H2,1-2H3,(H,19,21). The Labute approximate surface area is 127 Å². The molecule has 3 atom stereocenters. The molecule has 1 saturated carbocycles. The number of carbonyl (C=O) groups excluding carboxylic acids is 1. The van der Waals surface area contributed by atoms with E-state index in [1.54, 1.807) is 4.90 Å². The van der Waals surface area contributed by atoms with Crippen LogP contribution in [-0.2, 0) is 0 Å². The third-order valence-electron chi connectivity index (χ3n) is 5.06. The van der Waals surface area contributed by atoms with E-state index in [2.05, 4.69) is 25.7 Å². The molecule has 0 radical (unpaired) electrons. The molecular formula is C18H24N2O. The lowest BCUT2D eigenvalue weighted by Crippen LogP contribution is -2.57. The number of nitrogens with one attached hydrogen (secondary N) is 1. The number of amides is 2. The van der Waals surface area contributed by atoms with Gasteiger partial charge in [0, 0.05) is 17.7 Å². The largest absolute Gasteiger partial charge is 0.334 e. The number of aryl methyl sites for hydroxylation is 1. The predicted molar refractivity (Wildman–Crippen MR) is 86.2 cm³/mol. The number of anilines is 1. The number of nitrogens with zero attached hydrogens (tertiary/aromatic N) is 1. The lowest BCUT2D eigenvalue weighted by Gasteiger charge is -2.45. The van der Waals surface area contributed by atoms with E-state index in [1.807, 2.05) is 24.3 Å². The molecule has 3 nitrogen and oxygen atoms in total. The Morgan fingerprint density at radius 3 is 2.67 bits per heavy atom. The van der Waals surface area contributed by atoms with Gasteiger partial charge in [-0.1, -0.05) is 37.6 Å². The molecule has 2 amide bonds. The van der Waals surface area contributed by atoms with Gasteiger partial charge in [-0.3, -0.25) is 4.90 Å². The Hall–Kier alpha value is -1.77. The predicted octanol–water partition coefficient (Wildman–Crippen LogP) is 4.23. The number of benzene rings is 1. The zero-order valence-corrected chi connectivity index (χ0v) is 12.9. The van der Waals surface area contributed by atoms with Crippen molar-refractivity contribution in [3.8, 4) is 0 Å². The highest BCUT2D eigenvalue weighted by atomic mass is 16.2. The third-order valence-corrected chi connectivity index (χ3v) is 5.06. The van der Waals surface area contributed by atoms with Gasteiger partial charge in [0.15, 0.2) is 0 Å². The lowest BCUT2D eigenvalue weighted by atomic mass is 9.74. The summed E-state index contributed by atoms with van der Waals surface area (Å²) in [6.45, 7) is 8.57. The molecule has 2 fully saturated rings. The van der Waals surface area contributed by atoms with Crippen LogP contribution < -0.4 is 10.2 Å². The summed E-state index contributed by atoms with van der Waals surface area (Å²) in [6.07, 6.45) is 4.66. The highest BCUT2D eigenvalue weighted by Gasteiger charge is 2.40. The molecule has 1 aliphatic heterocycles. The first-order valence-corrected chi connectivity index (χ1v) is 7.96. The molecule has 21 heavy (non-hydrogen) atoms. The van der Waals surface area contributed by atoms with Gasteiger partial charge in [0.25, 0.3) is 0 Å². The van der Waals surface area contributed by atoms with Gasteiger partial charge in [-0.15, -0.1) is 0 Å². The molecule has 1 saturated heterocycles. The molecule has 3 rings (SSSR count). The smallest absolute Gasteiger partial charge is 0.326 e. The first-order chi connectivity index (χ1) is 10.1. The Bertz CT molecular complexity index is 549. The SMILES string of the molecule is C=C1C2CC(CC)CCC2NC(=O)N1c1ccc(C)cc1. The van der Waals surface area contributed by atoms with Crippen LogP contribution in [0.5, 0.6) is 0 Å². The van der Waals surface area contributed by atoms with E-state index in [4.69, 9.17) is 0 Å². The zero-order chi connectivity index (χ0) is 15.0. The topological polar surface area (TPSA) is 32.3 Å². The molecule has 2 aliphatic rings. The Kier molecular flexibility index (Phi) is 3.75. The van der Waals surface area contributed by atoms with Gasteiger partial charge in [-0.05, 0) is 44.2 Å². The van der Waals surface area contributed by atoms with Crippen molar-refractivity contribution in [2.45, 2.75) is 45.6 Å². The van der Waals surface area contributed by atoms with Crippen LogP contribution in [0.1, 0.15) is 38.2 Å². The number of hydrogen-bond donors (Lipinski definition) is 1. The second-order valence-electron chi connectivity index (χ2n) is 6.41. The van der Waals surface area contributed by atoms with E-state index in [0.717, 1.165) is 30.1 Å². The van der Waals surface area contributed by atoms with Gasteiger partial charge in [0.2, 0.25) is 0 Å². The molecule has 112 valence electrons. The summed E-state index contributed by atoms with van der Waals surface area (Å²) in [5.41, 5.74) is 3.08. The fourth-order valence-electron chi connectivity index (χ4n) is 3.67. The van der Waals surface area contributed by atoms with E-state index in [9.17, 15) is 4.79 Å². The second-order valence-corrected chi connectivity index (χ2v) is 6.41. The van der Waals surface area contributed by atoms with Crippen LogP contribution in [0.3, 0.4) is 0 Å². The van der Waals surface area contributed by atoms with Crippen LogP contribution >= 0.6 is 0 Å². The number of carbonyl (C=O) groups is 1. The lowest BCUT2D eigenvalue weighted by molar-refractivity contribution is 0.194. The maximum Gasteiger partial charge on any atom is 0.326 e. The van der Waals surface area contributed by atoms with Crippen LogP contribution in [0.25, 0.3) is 0 Å². The Balaban J connectivity index is 1.86. The van der Waals surface area contributed by atoms with Crippen molar-refractivity contribution in [3.05, 3.63) is 42.1 Å². The average molecular weight is 284 g/mol. The summed E-state index contributed by atoms with van der Waals surface area (Å²) < 4.78 is 0. The molecule has 0 bridgehead atoms. The minimum Gasteiger partial charge on any atom is -0.334 e. The van der Waals surface area contributed by atoms with Crippen molar-refractivity contribution in [2.75, 3.05) is 4.90 Å². The normalized spacial score (nSPS) is 29.0. The summed E-state index contributed by atoms with van der Waals surface area (Å²) in [5, 5.41) is 3.18. The number of fused-ring (bicyclic) bond motifs is 1. The van der Waals surface area contributed by atoms with E-state index in [0.29, 0.717) is 5.92 Å². The number of urea groups is 1. The molecule has 0 spiro atoms. The Morgan fingerprint density at radius 2 is 2.00 bits per heavy atom. The van der Waals surface area contributed by atoms with Crippen molar-refractivity contribution < 1.29 is 4.79 Å². The van der Waals surface area contributed by atoms with Gasteiger partial charge in [-0.2, -0.15) is 0 Å². The zero-order valence-electron chi connectivity index (χ0n) is 12.9. The van der Waals surface area contributed by atoms with Crippen LogP contribution in [-0.4, -0.2) is 12.1 Å². The summed E-state index contributed by atoms with van der Waals surface area (Å²) in [6, 6.07) is 8.32. The second kappa shape index (κ2) is 5.55. The highest BCUT2D eigenvalue weighted by molar-refractivity contribution is 5.96. The number of rotatable bonds is 2. The molecule has 3 unspecified atom stereocenters. The van der Waals surface area contributed by atoms with E-state index in [1.165, 1.54) is 18.4 Å². The molecule has 1 aromatic rings. The summed E-state index contributed by atoms with van der Waals surface area (Å²) >= 11 is 0. The first kappa shape index (κ1) is 14.2. The van der Waals surface area contributed by atoms with Crippen molar-refractivity contribution in [2.24, 2.45) is 11.8 Å². The molecule has 1 N–H and O–H groups in total. The molecule has 1 heterocycles. The molecule has 0 aromatic heterocycles. The van der Waals surface area contributed by atoms with Crippen molar-refractivity contribution >= 4 is 11.7 Å². The molecule has 1 aliphatic carbocycles. The number of hydrogen-bond acceptors (Lipinski definition) is 1. The summed E-state index contributed by atoms with van der Waals surface area (Å²) in [4.78, 5) is 14.2. The van der Waals surface area contributed by atoms with Gasteiger partial charge >= 0.3 is 6.03 Å². The highest BCUT2D eigenvalue weighted by Crippen LogP contribution is 2.40. The Morgan fingerprint density at radius 1 is 1.29 bits per heavy atom. The average Bonchev–Trinajstić information content (AvgIpc) is 2.49. The maximum absolute atomic E-state index is 12.5. The summed E-state index contributed by atoms with van der Waals surface area (Å²) in [7, 11) is 0. The molecule has 1 aromatic carbocycles. The third kappa shape index (κ3) is 2.57. The maximum atomic E-state index is 12.5. The summed E-state index contributed by atoms with van der Waals surface area (Å²) in [5.74, 6) is 1.14. The van der Waals surface area contributed by atoms with E-state index >= 15 is 0 Å². The van der Waals surface area contributed by atoms with Crippen molar-refractivity contribution in [1.29, 1.82) is 0 Å². The van der Waals surface area contributed by atoms with Crippen LogP contribution in [0.15, 0.2) is 36.5 Å². The first-order valence-electron chi connectivity index (χ1n) is 7.96. The van der Waals surface area contributed by atoms with Gasteiger partial charge in [-0.25, -0.2) is 4.79 Å². The minimum atomic E-state index is -0.0277. The monoisotopic (exact) mass is 284 g/mol. The van der Waals surface area contributed by atoms with Gasteiger partial charge in [0.1, 0.15) is 0 Å². The quantitative estimate of drug-likeness (QED) is 0.866. The van der Waals surface area contributed by atoms with E-state index < -0.39 is 0 Å². The van der Waals surface area contributed by atoms with Gasteiger partial charge in [0.05, 0.1) is 5.69 Å². The van der Waals surface area contributed by atoms with Crippen LogP contribution in [0.2, 0.25) is 0 Å². The van der Waals surface area contributed by atoms with Crippen molar-refractivity contribution in [3.63, 3.8) is 0 Å². The van der Waals surface area contributed by atoms with Crippen LogP contribution in [0, 0.1) is 18.8 Å². The fraction of sp³-hybridized carbons (Fsp3) is 0.500. The molecular weight excluding hydrogens is 260 g/mol.